The van der Waals surface area contributed by atoms with Crippen LogP contribution >= 0.6 is 0 Å². The van der Waals surface area contributed by atoms with E-state index in [0.717, 1.165) is 24.4 Å². The van der Waals surface area contributed by atoms with E-state index in [1.807, 2.05) is 0 Å². The van der Waals surface area contributed by atoms with Gasteiger partial charge >= 0.3 is 6.18 Å². The van der Waals surface area contributed by atoms with Gasteiger partial charge < -0.3 is 20.7 Å². The van der Waals surface area contributed by atoms with Gasteiger partial charge in [0.15, 0.2) is 0 Å². The van der Waals surface area contributed by atoms with E-state index in [1.54, 1.807) is 6.92 Å². The SMILES string of the molecule is Cc1ncc(C(=O)NC2(C(=O)NCc3ncc(Nc4ccc(F)cc4C(F)(F)F)cc3F)CCOC2)cn1. The van der Waals surface area contributed by atoms with Gasteiger partial charge in [-0.25, -0.2) is 18.7 Å². The van der Waals surface area contributed by atoms with Crippen LogP contribution in [0, 0.1) is 18.6 Å². The van der Waals surface area contributed by atoms with Crippen LogP contribution in [0.5, 0.6) is 0 Å². The molecule has 1 unspecified atom stereocenters. The van der Waals surface area contributed by atoms with E-state index >= 15 is 0 Å². The first-order valence-electron chi connectivity index (χ1n) is 11.2. The van der Waals surface area contributed by atoms with Crippen LogP contribution in [0.25, 0.3) is 0 Å². The molecule has 1 aliphatic heterocycles. The number of hydrogen-bond donors (Lipinski definition) is 3. The number of nitrogens with one attached hydrogen (secondary N) is 3. The number of amides is 2. The highest BCUT2D eigenvalue weighted by Gasteiger charge is 2.44. The van der Waals surface area contributed by atoms with E-state index in [-0.39, 0.29) is 43.1 Å². The molecular weight excluding hydrogens is 515 g/mol. The van der Waals surface area contributed by atoms with Gasteiger partial charge in [-0.2, -0.15) is 13.2 Å². The molecule has 1 saturated heterocycles. The Bertz CT molecular complexity index is 1340. The lowest BCUT2D eigenvalue weighted by molar-refractivity contribution is -0.137. The van der Waals surface area contributed by atoms with Crippen molar-refractivity contribution in [3.63, 3.8) is 0 Å². The van der Waals surface area contributed by atoms with Gasteiger partial charge in [0.2, 0.25) is 5.91 Å². The predicted octanol–water partition coefficient (Wildman–Crippen LogP) is 3.43. The molecule has 3 heterocycles. The lowest BCUT2D eigenvalue weighted by atomic mass is 9.96. The topological polar surface area (TPSA) is 118 Å². The molecule has 1 aliphatic rings. The Morgan fingerprint density at radius 2 is 1.82 bits per heavy atom. The minimum absolute atomic E-state index is 0.116. The number of rotatable bonds is 7. The summed E-state index contributed by atoms with van der Waals surface area (Å²) in [5, 5.41) is 7.53. The van der Waals surface area contributed by atoms with E-state index in [0.29, 0.717) is 11.9 Å². The number of benzene rings is 1. The summed E-state index contributed by atoms with van der Waals surface area (Å²) in [6.07, 6.45) is -0.978. The highest BCUT2D eigenvalue weighted by atomic mass is 19.4. The maximum absolute atomic E-state index is 14.7. The molecule has 0 aliphatic carbocycles. The summed E-state index contributed by atoms with van der Waals surface area (Å²) in [6, 6.07) is 2.93. The van der Waals surface area contributed by atoms with Crippen LogP contribution in [0.2, 0.25) is 0 Å². The third-order valence-electron chi connectivity index (χ3n) is 5.75. The average molecular weight is 536 g/mol. The van der Waals surface area contributed by atoms with Crippen LogP contribution < -0.4 is 16.0 Å². The molecule has 4 rings (SSSR count). The molecule has 3 N–H and O–H groups in total. The van der Waals surface area contributed by atoms with Gasteiger partial charge in [0.1, 0.15) is 23.0 Å². The molecule has 2 aromatic heterocycles. The number of carbonyl (C=O) groups excluding carboxylic acids is 2. The number of alkyl halides is 3. The first-order valence-corrected chi connectivity index (χ1v) is 11.2. The fourth-order valence-electron chi connectivity index (χ4n) is 3.71. The summed E-state index contributed by atoms with van der Waals surface area (Å²) in [5.41, 5.74) is -3.36. The molecule has 2 amide bonds. The lowest BCUT2D eigenvalue weighted by Gasteiger charge is -2.27. The van der Waals surface area contributed by atoms with E-state index in [1.165, 1.54) is 12.4 Å². The van der Waals surface area contributed by atoms with Gasteiger partial charge in [-0.1, -0.05) is 0 Å². The highest BCUT2D eigenvalue weighted by molar-refractivity contribution is 5.99. The second kappa shape index (κ2) is 10.7. The fourth-order valence-corrected chi connectivity index (χ4v) is 3.71. The zero-order valence-corrected chi connectivity index (χ0v) is 19.8. The van der Waals surface area contributed by atoms with Crippen LogP contribution in [0.3, 0.4) is 0 Å². The number of aromatic nitrogens is 3. The molecule has 0 spiro atoms. The molecule has 1 fully saturated rings. The van der Waals surface area contributed by atoms with E-state index in [4.69, 9.17) is 4.74 Å². The summed E-state index contributed by atoms with van der Waals surface area (Å²) in [4.78, 5) is 37.4. The van der Waals surface area contributed by atoms with Gasteiger partial charge in [0, 0.05) is 31.5 Å². The predicted molar refractivity (Wildman–Crippen MR) is 123 cm³/mol. The van der Waals surface area contributed by atoms with Gasteiger partial charge in [-0.3, -0.25) is 14.6 Å². The normalized spacial score (nSPS) is 17.2. The first-order chi connectivity index (χ1) is 18.0. The summed E-state index contributed by atoms with van der Waals surface area (Å²) in [5.74, 6) is -2.76. The molecule has 3 aromatic rings. The highest BCUT2D eigenvalue weighted by Crippen LogP contribution is 2.36. The van der Waals surface area contributed by atoms with Gasteiger partial charge in [0.05, 0.1) is 47.5 Å². The Morgan fingerprint density at radius 3 is 2.45 bits per heavy atom. The summed E-state index contributed by atoms with van der Waals surface area (Å²) < 4.78 is 73.0. The van der Waals surface area contributed by atoms with Crippen molar-refractivity contribution in [1.82, 2.24) is 25.6 Å². The minimum Gasteiger partial charge on any atom is -0.378 e. The van der Waals surface area contributed by atoms with Crippen molar-refractivity contribution in [2.24, 2.45) is 0 Å². The van der Waals surface area contributed by atoms with Crippen molar-refractivity contribution in [3.05, 3.63) is 77.1 Å². The average Bonchev–Trinajstić information content (AvgIpc) is 3.34. The second-order valence-corrected chi connectivity index (χ2v) is 8.51. The van der Waals surface area contributed by atoms with Gasteiger partial charge in [0.25, 0.3) is 5.91 Å². The lowest BCUT2D eigenvalue weighted by Crippen LogP contribution is -2.59. The smallest absolute Gasteiger partial charge is 0.378 e. The third kappa shape index (κ3) is 6.02. The quantitative estimate of drug-likeness (QED) is 0.396. The molecule has 0 bridgehead atoms. The molecule has 1 aromatic carbocycles. The maximum atomic E-state index is 14.7. The van der Waals surface area contributed by atoms with Crippen LogP contribution in [0.1, 0.15) is 33.9 Å². The third-order valence-corrected chi connectivity index (χ3v) is 5.75. The van der Waals surface area contributed by atoms with Crippen LogP contribution in [0.4, 0.5) is 33.3 Å². The van der Waals surface area contributed by atoms with Crippen molar-refractivity contribution < 1.29 is 36.3 Å². The molecule has 1 atom stereocenters. The Balaban J connectivity index is 1.44. The first kappa shape index (κ1) is 26.9. The van der Waals surface area contributed by atoms with E-state index in [9.17, 15) is 31.5 Å². The maximum Gasteiger partial charge on any atom is 0.418 e. The van der Waals surface area contributed by atoms with Crippen molar-refractivity contribution in [2.45, 2.75) is 31.6 Å². The largest absolute Gasteiger partial charge is 0.418 e. The summed E-state index contributed by atoms with van der Waals surface area (Å²) in [7, 11) is 0. The van der Waals surface area contributed by atoms with Crippen molar-refractivity contribution in [3.8, 4) is 0 Å². The number of nitrogens with zero attached hydrogens (tertiary/aromatic N) is 3. The standard InChI is InChI=1S/C24H21F5N6O3/c1-13-30-8-14(9-31-13)21(36)35-23(4-5-38-12-23)22(37)33-11-20-18(26)7-16(10-32-20)34-19-3-2-15(25)6-17(19)24(27,28)29/h2-3,6-10,34H,4-5,11-12H2,1H3,(H,33,37)(H,35,36). The monoisotopic (exact) mass is 536 g/mol. The molecular formula is C24H21F5N6O3. The Kier molecular flexibility index (Phi) is 7.53. The Morgan fingerprint density at radius 1 is 1.08 bits per heavy atom. The second-order valence-electron chi connectivity index (χ2n) is 8.51. The molecule has 200 valence electrons. The van der Waals surface area contributed by atoms with E-state index in [2.05, 4.69) is 30.9 Å². The Hall–Kier alpha value is -4.20. The van der Waals surface area contributed by atoms with E-state index < -0.39 is 46.4 Å². The van der Waals surface area contributed by atoms with Gasteiger partial charge in [-0.05, 0) is 25.1 Å². The zero-order chi connectivity index (χ0) is 27.5. The van der Waals surface area contributed by atoms with Crippen molar-refractivity contribution >= 4 is 23.2 Å². The minimum atomic E-state index is -4.84. The number of anilines is 2. The number of pyridine rings is 1. The number of hydrogen-bond acceptors (Lipinski definition) is 7. The molecule has 38 heavy (non-hydrogen) atoms. The van der Waals surface area contributed by atoms with Crippen LogP contribution in [0.15, 0.2) is 42.9 Å². The summed E-state index contributed by atoms with van der Waals surface area (Å²) >= 11 is 0. The van der Waals surface area contributed by atoms with Gasteiger partial charge in [-0.15, -0.1) is 0 Å². The molecule has 9 nitrogen and oxygen atoms in total. The number of carbonyl (C=O) groups is 2. The molecule has 0 radical (unpaired) electrons. The van der Waals surface area contributed by atoms with Crippen LogP contribution in [-0.2, 0) is 22.3 Å². The fraction of sp³-hybridized carbons (Fsp3) is 0.292. The van der Waals surface area contributed by atoms with Crippen molar-refractivity contribution in [2.75, 3.05) is 18.5 Å². The zero-order valence-electron chi connectivity index (χ0n) is 19.8. The number of aryl methyl sites for hydroxylation is 1. The number of halogens is 5. The van der Waals surface area contributed by atoms with Crippen molar-refractivity contribution in [1.29, 1.82) is 0 Å². The summed E-state index contributed by atoms with van der Waals surface area (Å²) in [6.45, 7) is 1.37. The van der Waals surface area contributed by atoms with Crippen LogP contribution in [-0.4, -0.2) is 45.5 Å². The number of ether oxygens (including phenoxy) is 1. The Labute approximate surface area is 212 Å². The molecule has 14 heteroatoms. The molecule has 0 saturated carbocycles.